The van der Waals surface area contributed by atoms with E-state index in [1.54, 1.807) is 6.92 Å². The molecule has 0 aliphatic carbocycles. The second-order valence-corrected chi connectivity index (χ2v) is 3.31. The molecule has 4 nitrogen and oxygen atoms in total. The summed E-state index contributed by atoms with van der Waals surface area (Å²) in [5.74, 6) is 0. The molecule has 0 aromatic carbocycles. The highest BCUT2D eigenvalue weighted by Crippen LogP contribution is 2.23. The summed E-state index contributed by atoms with van der Waals surface area (Å²) in [4.78, 5) is 0. The Morgan fingerprint density at radius 1 is 1.45 bits per heavy atom. The average molecular weight is 162 g/mol. The van der Waals surface area contributed by atoms with Gasteiger partial charge in [-0.1, -0.05) is 0 Å². The fourth-order valence-electron chi connectivity index (χ4n) is 1.11. The molecule has 66 valence electrons. The first-order chi connectivity index (χ1) is 4.95. The standard InChI is InChI=1S/C7H14O4/c1-4-5(8)6(9)7(2,10)3-11-4/h4-6,8-10H,3H2,1-2H3/t4-,5-,6+,7-/m1/s1. The Kier molecular flexibility index (Phi) is 2.20. The maximum absolute atomic E-state index is 9.40. The van der Waals surface area contributed by atoms with Gasteiger partial charge >= 0.3 is 0 Å². The van der Waals surface area contributed by atoms with Crippen molar-refractivity contribution in [2.45, 2.75) is 37.8 Å². The third kappa shape index (κ3) is 1.54. The number of ether oxygens (including phenoxy) is 1. The van der Waals surface area contributed by atoms with Crippen molar-refractivity contribution in [3.8, 4) is 0 Å². The van der Waals surface area contributed by atoms with Crippen molar-refractivity contribution in [3.63, 3.8) is 0 Å². The molecule has 1 saturated heterocycles. The third-order valence-corrected chi connectivity index (χ3v) is 2.08. The second kappa shape index (κ2) is 2.71. The Morgan fingerprint density at radius 2 is 2.00 bits per heavy atom. The van der Waals surface area contributed by atoms with Crippen LogP contribution in [0.3, 0.4) is 0 Å². The van der Waals surface area contributed by atoms with E-state index in [2.05, 4.69) is 0 Å². The number of aliphatic hydroxyl groups excluding tert-OH is 2. The lowest BCUT2D eigenvalue weighted by Gasteiger charge is -2.40. The van der Waals surface area contributed by atoms with E-state index in [0.29, 0.717) is 0 Å². The molecule has 0 saturated carbocycles. The van der Waals surface area contributed by atoms with Gasteiger partial charge in [0.25, 0.3) is 0 Å². The van der Waals surface area contributed by atoms with E-state index in [9.17, 15) is 15.3 Å². The Morgan fingerprint density at radius 3 is 2.45 bits per heavy atom. The largest absolute Gasteiger partial charge is 0.388 e. The predicted octanol–water partition coefficient (Wildman–Crippen LogP) is -1.12. The molecule has 4 atom stereocenters. The molecule has 1 aliphatic heterocycles. The molecule has 0 aromatic rings. The zero-order valence-corrected chi connectivity index (χ0v) is 6.69. The molecule has 1 fully saturated rings. The van der Waals surface area contributed by atoms with E-state index >= 15 is 0 Å². The number of hydrogen-bond donors (Lipinski definition) is 3. The van der Waals surface area contributed by atoms with Crippen molar-refractivity contribution in [1.82, 2.24) is 0 Å². The van der Waals surface area contributed by atoms with Crippen LogP contribution in [0.5, 0.6) is 0 Å². The minimum Gasteiger partial charge on any atom is -0.388 e. The summed E-state index contributed by atoms with van der Waals surface area (Å²) in [5.41, 5.74) is -1.33. The van der Waals surface area contributed by atoms with Crippen molar-refractivity contribution in [2.75, 3.05) is 6.61 Å². The third-order valence-electron chi connectivity index (χ3n) is 2.08. The summed E-state index contributed by atoms with van der Waals surface area (Å²) < 4.78 is 5.02. The highest BCUT2D eigenvalue weighted by atomic mass is 16.5. The summed E-state index contributed by atoms with van der Waals surface area (Å²) in [6.45, 7) is 3.16. The van der Waals surface area contributed by atoms with Gasteiger partial charge in [-0.15, -0.1) is 0 Å². The molecule has 4 heteroatoms. The molecule has 0 spiro atoms. The lowest BCUT2D eigenvalue weighted by Crippen LogP contribution is -2.58. The predicted molar refractivity (Wildman–Crippen MR) is 38.1 cm³/mol. The van der Waals surface area contributed by atoms with Crippen LogP contribution in [0.2, 0.25) is 0 Å². The number of rotatable bonds is 0. The molecule has 11 heavy (non-hydrogen) atoms. The first-order valence-corrected chi connectivity index (χ1v) is 3.65. The molecular weight excluding hydrogens is 148 g/mol. The van der Waals surface area contributed by atoms with Crippen LogP contribution in [0.4, 0.5) is 0 Å². The van der Waals surface area contributed by atoms with Crippen molar-refractivity contribution < 1.29 is 20.1 Å². The summed E-state index contributed by atoms with van der Waals surface area (Å²) in [6.07, 6.45) is -2.53. The molecule has 0 unspecified atom stereocenters. The van der Waals surface area contributed by atoms with Crippen LogP contribution in [-0.4, -0.2) is 45.8 Å². The van der Waals surface area contributed by atoms with Crippen molar-refractivity contribution in [2.24, 2.45) is 0 Å². The minimum atomic E-state index is -1.33. The Hall–Kier alpha value is -0.160. The van der Waals surface area contributed by atoms with Crippen LogP contribution in [0.1, 0.15) is 13.8 Å². The molecule has 1 rings (SSSR count). The van der Waals surface area contributed by atoms with Crippen LogP contribution >= 0.6 is 0 Å². The molecule has 3 N–H and O–H groups in total. The van der Waals surface area contributed by atoms with Crippen LogP contribution < -0.4 is 0 Å². The van der Waals surface area contributed by atoms with Gasteiger partial charge in [-0.05, 0) is 13.8 Å². The van der Waals surface area contributed by atoms with E-state index in [4.69, 9.17) is 4.74 Å². The summed E-state index contributed by atoms with van der Waals surface area (Å²) in [5, 5.41) is 27.9. The van der Waals surface area contributed by atoms with Gasteiger partial charge < -0.3 is 20.1 Å². The molecule has 1 heterocycles. The van der Waals surface area contributed by atoms with E-state index in [-0.39, 0.29) is 6.61 Å². The van der Waals surface area contributed by atoms with Gasteiger partial charge in [0.1, 0.15) is 17.8 Å². The van der Waals surface area contributed by atoms with Crippen LogP contribution in [-0.2, 0) is 4.74 Å². The van der Waals surface area contributed by atoms with Crippen molar-refractivity contribution >= 4 is 0 Å². The number of aliphatic hydroxyl groups is 3. The first-order valence-electron chi connectivity index (χ1n) is 3.65. The van der Waals surface area contributed by atoms with Crippen LogP contribution in [0.25, 0.3) is 0 Å². The lowest BCUT2D eigenvalue weighted by atomic mass is 9.90. The smallest absolute Gasteiger partial charge is 0.114 e. The number of hydrogen-bond acceptors (Lipinski definition) is 4. The van der Waals surface area contributed by atoms with Gasteiger partial charge in [0.15, 0.2) is 0 Å². The minimum absolute atomic E-state index is 0.0619. The summed E-state index contributed by atoms with van der Waals surface area (Å²) in [6, 6.07) is 0. The average Bonchev–Trinajstić information content (AvgIpc) is 1.95. The summed E-state index contributed by atoms with van der Waals surface area (Å²) in [7, 11) is 0. The maximum atomic E-state index is 9.40. The maximum Gasteiger partial charge on any atom is 0.114 e. The zero-order valence-electron chi connectivity index (χ0n) is 6.69. The Bertz CT molecular complexity index is 145. The van der Waals surface area contributed by atoms with Gasteiger partial charge in [0, 0.05) is 0 Å². The van der Waals surface area contributed by atoms with Gasteiger partial charge in [0.05, 0.1) is 12.7 Å². The second-order valence-electron chi connectivity index (χ2n) is 3.31. The van der Waals surface area contributed by atoms with Crippen LogP contribution in [0, 0.1) is 0 Å². The van der Waals surface area contributed by atoms with Crippen LogP contribution in [0.15, 0.2) is 0 Å². The van der Waals surface area contributed by atoms with Gasteiger partial charge in [-0.3, -0.25) is 0 Å². The van der Waals surface area contributed by atoms with Crippen molar-refractivity contribution in [1.29, 1.82) is 0 Å². The quantitative estimate of drug-likeness (QED) is 0.422. The van der Waals surface area contributed by atoms with E-state index < -0.39 is 23.9 Å². The Labute approximate surface area is 65.4 Å². The zero-order chi connectivity index (χ0) is 8.65. The monoisotopic (exact) mass is 162 g/mol. The molecule has 0 bridgehead atoms. The highest BCUT2D eigenvalue weighted by Gasteiger charge is 2.43. The van der Waals surface area contributed by atoms with E-state index in [1.165, 1.54) is 6.92 Å². The molecular formula is C7H14O4. The topological polar surface area (TPSA) is 69.9 Å². The molecule has 0 amide bonds. The first kappa shape index (κ1) is 8.93. The SMILES string of the molecule is C[C@H]1OC[C@@](C)(O)[C@@H](O)[C@@H]1O. The van der Waals surface area contributed by atoms with Gasteiger partial charge in [0.2, 0.25) is 0 Å². The Balaban J connectivity index is 2.67. The normalized spacial score (nSPS) is 52.6. The van der Waals surface area contributed by atoms with E-state index in [1.807, 2.05) is 0 Å². The molecule has 0 aromatic heterocycles. The van der Waals surface area contributed by atoms with Crippen molar-refractivity contribution in [3.05, 3.63) is 0 Å². The van der Waals surface area contributed by atoms with Gasteiger partial charge in [-0.2, -0.15) is 0 Å². The fraction of sp³-hybridized carbons (Fsp3) is 1.00. The highest BCUT2D eigenvalue weighted by molar-refractivity contribution is 4.93. The van der Waals surface area contributed by atoms with E-state index in [0.717, 1.165) is 0 Å². The summed E-state index contributed by atoms with van der Waals surface area (Å²) >= 11 is 0. The molecule has 1 aliphatic rings. The fourth-order valence-corrected chi connectivity index (χ4v) is 1.11. The molecule has 0 radical (unpaired) electrons. The lowest BCUT2D eigenvalue weighted by molar-refractivity contribution is -0.223. The van der Waals surface area contributed by atoms with Gasteiger partial charge in [-0.25, -0.2) is 0 Å².